The Balaban J connectivity index is 1.60. The van der Waals surface area contributed by atoms with Crippen molar-refractivity contribution in [3.63, 3.8) is 0 Å². The monoisotopic (exact) mass is 345 g/mol. The van der Waals surface area contributed by atoms with E-state index in [2.05, 4.69) is 26.3 Å². The Kier molecular flexibility index (Phi) is 3.81. The average Bonchev–Trinajstić information content (AvgIpc) is 3.17. The van der Waals surface area contributed by atoms with Gasteiger partial charge in [0.15, 0.2) is 10.9 Å². The Morgan fingerprint density at radius 2 is 2.38 bits per heavy atom. The highest BCUT2D eigenvalue weighted by Gasteiger charge is 2.43. The fraction of sp³-hybridized carbons (Fsp3) is 0.500. The number of hydrogen-bond donors (Lipinski definition) is 1. The molecule has 3 heterocycles. The van der Waals surface area contributed by atoms with Crippen molar-refractivity contribution in [2.45, 2.75) is 25.4 Å². The predicted octanol–water partition coefficient (Wildman–Crippen LogP) is 2.73. The normalized spacial score (nSPS) is 26.2. The molecular formula is C16H16FN5OS. The number of rotatable bonds is 3. The van der Waals surface area contributed by atoms with E-state index in [0.717, 1.165) is 34.7 Å². The molecule has 0 bridgehead atoms. The maximum atomic E-state index is 13.0. The molecule has 2 fully saturated rings. The number of piperidine rings is 1. The predicted molar refractivity (Wildman–Crippen MR) is 89.6 cm³/mol. The van der Waals surface area contributed by atoms with Crippen molar-refractivity contribution < 1.29 is 9.18 Å². The van der Waals surface area contributed by atoms with Gasteiger partial charge in [-0.05, 0) is 25.3 Å². The minimum Gasteiger partial charge on any atom is -0.347 e. The fourth-order valence-electron chi connectivity index (χ4n) is 2.97. The van der Waals surface area contributed by atoms with E-state index in [9.17, 15) is 9.18 Å². The Morgan fingerprint density at radius 1 is 1.54 bits per heavy atom. The van der Waals surface area contributed by atoms with Crippen LogP contribution in [0.5, 0.6) is 0 Å². The minimum atomic E-state index is -1.03. The zero-order valence-corrected chi connectivity index (χ0v) is 13.7. The molecule has 6 nitrogen and oxygen atoms in total. The number of alkyl halides is 1. The van der Waals surface area contributed by atoms with Gasteiger partial charge in [0.25, 0.3) is 0 Å². The zero-order chi connectivity index (χ0) is 16.7. The molecule has 24 heavy (non-hydrogen) atoms. The summed E-state index contributed by atoms with van der Waals surface area (Å²) in [5.41, 5.74) is 0.756. The average molecular weight is 345 g/mol. The molecule has 2 aromatic heterocycles. The summed E-state index contributed by atoms with van der Waals surface area (Å²) in [6.45, 7) is 1.55. The number of anilines is 2. The topological polar surface area (TPSA) is 81.9 Å². The number of thiazole rings is 1. The Bertz CT molecular complexity index is 831. The van der Waals surface area contributed by atoms with Crippen molar-refractivity contribution in [3.8, 4) is 6.07 Å². The molecule has 124 valence electrons. The van der Waals surface area contributed by atoms with E-state index in [1.54, 1.807) is 12.3 Å². The number of hydrogen-bond acceptors (Lipinski definition) is 6. The van der Waals surface area contributed by atoms with Gasteiger partial charge in [0.05, 0.1) is 28.1 Å². The van der Waals surface area contributed by atoms with Crippen LogP contribution in [0.2, 0.25) is 0 Å². The van der Waals surface area contributed by atoms with Crippen molar-refractivity contribution in [2.75, 3.05) is 23.3 Å². The minimum absolute atomic E-state index is 0.0272. The number of nitriles is 1. The molecule has 8 heteroatoms. The summed E-state index contributed by atoms with van der Waals surface area (Å²) in [5.74, 6) is -0.401. The molecule has 1 saturated carbocycles. The summed E-state index contributed by atoms with van der Waals surface area (Å²) in [6.07, 6.45) is 2.74. The molecule has 1 aliphatic heterocycles. The zero-order valence-electron chi connectivity index (χ0n) is 12.9. The third kappa shape index (κ3) is 2.80. The van der Waals surface area contributed by atoms with Crippen LogP contribution in [0.4, 0.5) is 15.3 Å². The molecule has 0 unspecified atom stereocenters. The van der Waals surface area contributed by atoms with Gasteiger partial charge in [-0.15, -0.1) is 0 Å². The number of nitrogens with zero attached hydrogens (tertiary/aromatic N) is 4. The Labute approximate surface area is 142 Å². The molecule has 2 aliphatic rings. The standard InChI is InChI=1S/C16H16FN5OS/c17-11-6-10(11)15(23)21-14-13-12(3-4-19-14)20-16(24-13)22-5-1-2-9(7-18)8-22/h3-4,9-11H,1-2,5-6,8H2,(H,19,21,23)/t9-,10+,11+/m1/s1. The summed E-state index contributed by atoms with van der Waals surface area (Å²) < 4.78 is 13.8. The van der Waals surface area contributed by atoms with Crippen LogP contribution < -0.4 is 10.2 Å². The third-order valence-electron chi connectivity index (χ3n) is 4.46. The molecule has 4 rings (SSSR count). The summed E-state index contributed by atoms with van der Waals surface area (Å²) in [4.78, 5) is 22.9. The number of fused-ring (bicyclic) bond motifs is 1. The summed E-state index contributed by atoms with van der Waals surface area (Å²) >= 11 is 1.45. The van der Waals surface area contributed by atoms with Gasteiger partial charge < -0.3 is 10.2 Å². The lowest BCUT2D eigenvalue weighted by Gasteiger charge is -2.28. The highest BCUT2D eigenvalue weighted by Crippen LogP contribution is 2.37. The molecular weight excluding hydrogens is 329 g/mol. The van der Waals surface area contributed by atoms with E-state index in [0.29, 0.717) is 18.8 Å². The van der Waals surface area contributed by atoms with Crippen molar-refractivity contribution in [1.82, 2.24) is 9.97 Å². The van der Waals surface area contributed by atoms with E-state index < -0.39 is 12.1 Å². The number of halogens is 1. The van der Waals surface area contributed by atoms with E-state index in [-0.39, 0.29) is 11.8 Å². The second-order valence-corrected chi connectivity index (χ2v) is 7.24. The first-order valence-corrected chi connectivity index (χ1v) is 8.82. The van der Waals surface area contributed by atoms with Crippen LogP contribution in [0.3, 0.4) is 0 Å². The first kappa shape index (κ1) is 15.3. The highest BCUT2D eigenvalue weighted by atomic mass is 32.1. The largest absolute Gasteiger partial charge is 0.347 e. The van der Waals surface area contributed by atoms with Gasteiger partial charge in [-0.1, -0.05) is 11.3 Å². The van der Waals surface area contributed by atoms with Crippen molar-refractivity contribution in [2.24, 2.45) is 11.8 Å². The molecule has 2 aromatic rings. The van der Waals surface area contributed by atoms with Gasteiger partial charge >= 0.3 is 0 Å². The number of carbonyl (C=O) groups excluding carboxylic acids is 1. The van der Waals surface area contributed by atoms with Gasteiger partial charge in [0, 0.05) is 19.3 Å². The number of pyridine rings is 1. The lowest BCUT2D eigenvalue weighted by molar-refractivity contribution is -0.117. The van der Waals surface area contributed by atoms with Gasteiger partial charge in [-0.3, -0.25) is 4.79 Å². The van der Waals surface area contributed by atoms with Crippen molar-refractivity contribution >= 4 is 38.4 Å². The maximum absolute atomic E-state index is 13.0. The van der Waals surface area contributed by atoms with Gasteiger partial charge in [-0.2, -0.15) is 5.26 Å². The number of nitrogens with one attached hydrogen (secondary N) is 1. The Morgan fingerprint density at radius 3 is 3.12 bits per heavy atom. The summed E-state index contributed by atoms with van der Waals surface area (Å²) in [7, 11) is 0. The van der Waals surface area contributed by atoms with E-state index in [1.165, 1.54) is 11.3 Å². The maximum Gasteiger partial charge on any atom is 0.231 e. The molecule has 0 spiro atoms. The highest BCUT2D eigenvalue weighted by molar-refractivity contribution is 7.22. The van der Waals surface area contributed by atoms with Crippen molar-refractivity contribution in [1.29, 1.82) is 5.26 Å². The molecule has 1 amide bonds. The summed E-state index contributed by atoms with van der Waals surface area (Å²) in [6, 6.07) is 4.13. The quantitative estimate of drug-likeness (QED) is 0.925. The first-order valence-electron chi connectivity index (χ1n) is 8.00. The smallest absolute Gasteiger partial charge is 0.231 e. The molecule has 0 radical (unpaired) electrons. The van der Waals surface area contributed by atoms with Gasteiger partial charge in [0.2, 0.25) is 5.91 Å². The van der Waals surface area contributed by atoms with E-state index in [1.807, 2.05) is 0 Å². The number of aromatic nitrogens is 2. The number of carbonyl (C=O) groups is 1. The van der Waals surface area contributed by atoms with E-state index in [4.69, 9.17) is 5.26 Å². The number of amides is 1. The van der Waals surface area contributed by atoms with Gasteiger partial charge in [0.1, 0.15) is 6.17 Å². The second-order valence-electron chi connectivity index (χ2n) is 6.27. The lowest BCUT2D eigenvalue weighted by Crippen LogP contribution is -2.34. The third-order valence-corrected chi connectivity index (χ3v) is 5.60. The van der Waals surface area contributed by atoms with Gasteiger partial charge in [-0.25, -0.2) is 14.4 Å². The molecule has 1 N–H and O–H groups in total. The second kappa shape index (κ2) is 5.98. The lowest BCUT2D eigenvalue weighted by atomic mass is 10.0. The van der Waals surface area contributed by atoms with Crippen LogP contribution in [0, 0.1) is 23.2 Å². The molecule has 0 aromatic carbocycles. The SMILES string of the molecule is N#C[C@H]1CCCN(c2nc3ccnc(NC(=O)[C@H]4C[C@@H]4F)c3s2)C1. The molecule has 3 atom stereocenters. The molecule has 1 aliphatic carbocycles. The van der Waals surface area contributed by atoms with Crippen LogP contribution in [0.1, 0.15) is 19.3 Å². The van der Waals surface area contributed by atoms with Crippen LogP contribution in [-0.4, -0.2) is 35.1 Å². The van der Waals surface area contributed by atoms with Crippen LogP contribution in [-0.2, 0) is 4.79 Å². The first-order chi connectivity index (χ1) is 11.7. The van der Waals surface area contributed by atoms with E-state index >= 15 is 0 Å². The van der Waals surface area contributed by atoms with Crippen molar-refractivity contribution in [3.05, 3.63) is 12.3 Å². The van der Waals surface area contributed by atoms with Crippen LogP contribution in [0.15, 0.2) is 12.3 Å². The van der Waals surface area contributed by atoms with Crippen LogP contribution in [0.25, 0.3) is 10.2 Å². The van der Waals surface area contributed by atoms with Crippen LogP contribution >= 0.6 is 11.3 Å². The molecule has 1 saturated heterocycles. The fourth-order valence-corrected chi connectivity index (χ4v) is 4.01. The Hall–Kier alpha value is -2.27. The summed E-state index contributed by atoms with van der Waals surface area (Å²) in [5, 5.41) is 12.7.